The van der Waals surface area contributed by atoms with Gasteiger partial charge in [-0.05, 0) is 18.2 Å². The minimum Gasteiger partial charge on any atom is -0.468 e. The van der Waals surface area contributed by atoms with Crippen LogP contribution in [-0.2, 0) is 0 Å². The number of hydrogen-bond donors (Lipinski definition) is 0. The molecule has 2 rings (SSSR count). The fourth-order valence-electron chi connectivity index (χ4n) is 1.16. The van der Waals surface area contributed by atoms with Crippen LogP contribution in [0.1, 0.15) is 0 Å². The summed E-state index contributed by atoms with van der Waals surface area (Å²) in [6, 6.07) is 5.91. The zero-order chi connectivity index (χ0) is 8.55. The average Bonchev–Trinajstić information content (AvgIpc) is 2.46. The van der Waals surface area contributed by atoms with Gasteiger partial charge in [-0.2, -0.15) is 0 Å². The molecule has 1 aromatic heterocycles. The molecule has 2 nitrogen and oxygen atoms in total. The minimum atomic E-state index is 0.567. The smallest absolute Gasteiger partial charge is 0.292 e. The number of fused-ring (bicyclic) bond motifs is 1. The van der Waals surface area contributed by atoms with Crippen LogP contribution in [-0.4, -0.2) is 7.11 Å². The first-order valence-corrected chi connectivity index (χ1v) is 4.31. The highest BCUT2D eigenvalue weighted by Crippen LogP contribution is 2.29. The molecule has 0 spiro atoms. The number of rotatable bonds is 1. The van der Waals surface area contributed by atoms with Gasteiger partial charge in [-0.1, -0.05) is 15.9 Å². The molecule has 62 valence electrons. The Kier molecular flexibility index (Phi) is 1.81. The maximum atomic E-state index is 5.18. The van der Waals surface area contributed by atoms with Gasteiger partial charge in [-0.15, -0.1) is 0 Å². The Balaban J connectivity index is 2.73. The van der Waals surface area contributed by atoms with E-state index < -0.39 is 0 Å². The SMILES string of the molecule is COc1occ2cc(Br)ccc12. The van der Waals surface area contributed by atoms with E-state index in [2.05, 4.69) is 15.9 Å². The van der Waals surface area contributed by atoms with Crippen molar-refractivity contribution in [3.8, 4) is 5.95 Å². The molecule has 3 heteroatoms. The zero-order valence-corrected chi connectivity index (χ0v) is 8.09. The summed E-state index contributed by atoms with van der Waals surface area (Å²) in [5.41, 5.74) is 0. The summed E-state index contributed by atoms with van der Waals surface area (Å²) in [5, 5.41) is 2.04. The van der Waals surface area contributed by atoms with Crippen molar-refractivity contribution in [1.82, 2.24) is 0 Å². The molecule has 0 atom stereocenters. The summed E-state index contributed by atoms with van der Waals surface area (Å²) >= 11 is 3.38. The zero-order valence-electron chi connectivity index (χ0n) is 6.50. The Bertz CT molecular complexity index is 406. The third-order valence-corrected chi connectivity index (χ3v) is 2.21. The van der Waals surface area contributed by atoms with E-state index in [-0.39, 0.29) is 0 Å². The molecule has 1 heterocycles. The lowest BCUT2D eigenvalue weighted by Crippen LogP contribution is -1.78. The van der Waals surface area contributed by atoms with Gasteiger partial charge in [0, 0.05) is 9.86 Å². The fourth-order valence-corrected chi connectivity index (χ4v) is 1.53. The van der Waals surface area contributed by atoms with Crippen molar-refractivity contribution in [2.24, 2.45) is 0 Å². The van der Waals surface area contributed by atoms with Crippen molar-refractivity contribution in [3.63, 3.8) is 0 Å². The molecule has 0 bridgehead atoms. The van der Waals surface area contributed by atoms with E-state index in [1.165, 1.54) is 0 Å². The molecule has 1 aromatic carbocycles. The Hall–Kier alpha value is -0.960. The molecule has 0 amide bonds. The summed E-state index contributed by atoms with van der Waals surface area (Å²) in [7, 11) is 1.60. The average molecular weight is 227 g/mol. The molecule has 0 fully saturated rings. The van der Waals surface area contributed by atoms with Crippen molar-refractivity contribution < 1.29 is 9.15 Å². The van der Waals surface area contributed by atoms with Crippen LogP contribution >= 0.6 is 15.9 Å². The lowest BCUT2D eigenvalue weighted by Gasteiger charge is -1.93. The Labute approximate surface area is 78.3 Å². The molecule has 2 aromatic rings. The van der Waals surface area contributed by atoms with Crippen molar-refractivity contribution in [2.45, 2.75) is 0 Å². The van der Waals surface area contributed by atoms with Crippen molar-refractivity contribution in [3.05, 3.63) is 28.9 Å². The van der Waals surface area contributed by atoms with Gasteiger partial charge in [-0.3, -0.25) is 0 Å². The number of hydrogen-bond acceptors (Lipinski definition) is 2. The van der Waals surface area contributed by atoms with Crippen molar-refractivity contribution in [2.75, 3.05) is 7.11 Å². The molecule has 0 aliphatic rings. The molecule has 0 aliphatic carbocycles. The summed E-state index contributed by atoms with van der Waals surface area (Å²) < 4.78 is 11.2. The Morgan fingerprint density at radius 1 is 1.42 bits per heavy atom. The normalized spacial score (nSPS) is 10.5. The highest BCUT2D eigenvalue weighted by atomic mass is 79.9. The third kappa shape index (κ3) is 1.10. The number of benzene rings is 1. The van der Waals surface area contributed by atoms with Gasteiger partial charge in [-0.25, -0.2) is 0 Å². The van der Waals surface area contributed by atoms with E-state index in [9.17, 15) is 0 Å². The highest BCUT2D eigenvalue weighted by molar-refractivity contribution is 9.10. The topological polar surface area (TPSA) is 22.4 Å². The van der Waals surface area contributed by atoms with Gasteiger partial charge in [0.25, 0.3) is 5.95 Å². The Morgan fingerprint density at radius 3 is 3.00 bits per heavy atom. The second kappa shape index (κ2) is 2.83. The van der Waals surface area contributed by atoms with E-state index in [1.54, 1.807) is 13.4 Å². The van der Waals surface area contributed by atoms with Crippen LogP contribution in [0.3, 0.4) is 0 Å². The fraction of sp³-hybridized carbons (Fsp3) is 0.111. The number of halogens is 1. The molecule has 0 radical (unpaired) electrons. The molecule has 0 saturated heterocycles. The van der Waals surface area contributed by atoms with E-state index in [0.29, 0.717) is 5.95 Å². The van der Waals surface area contributed by atoms with E-state index >= 15 is 0 Å². The molecular formula is C9H7BrO2. The van der Waals surface area contributed by atoms with Crippen LogP contribution in [0.5, 0.6) is 5.95 Å². The van der Waals surface area contributed by atoms with Crippen molar-refractivity contribution in [1.29, 1.82) is 0 Å². The first kappa shape index (κ1) is 7.68. The molecule has 0 aliphatic heterocycles. The second-order valence-electron chi connectivity index (χ2n) is 2.46. The minimum absolute atomic E-state index is 0.567. The van der Waals surface area contributed by atoms with Gasteiger partial charge >= 0.3 is 0 Å². The number of ether oxygens (including phenoxy) is 1. The van der Waals surface area contributed by atoms with Crippen LogP contribution in [0.4, 0.5) is 0 Å². The summed E-state index contributed by atoms with van der Waals surface area (Å²) in [6.07, 6.45) is 1.68. The van der Waals surface area contributed by atoms with Crippen LogP contribution in [0.15, 0.2) is 33.4 Å². The molecular weight excluding hydrogens is 220 g/mol. The summed E-state index contributed by atoms with van der Waals surface area (Å²) in [6.45, 7) is 0. The standard InChI is InChI=1S/C9H7BrO2/c1-11-9-8-3-2-7(10)4-6(8)5-12-9/h2-5H,1H3. The second-order valence-corrected chi connectivity index (χ2v) is 3.37. The van der Waals surface area contributed by atoms with Gasteiger partial charge in [0.05, 0.1) is 12.5 Å². The molecule has 0 unspecified atom stereocenters. The Morgan fingerprint density at radius 2 is 2.25 bits per heavy atom. The number of methoxy groups -OCH3 is 1. The maximum absolute atomic E-state index is 5.18. The van der Waals surface area contributed by atoms with E-state index in [0.717, 1.165) is 15.2 Å². The van der Waals surface area contributed by atoms with E-state index in [4.69, 9.17) is 9.15 Å². The quantitative estimate of drug-likeness (QED) is 0.746. The maximum Gasteiger partial charge on any atom is 0.292 e. The number of furan rings is 1. The monoisotopic (exact) mass is 226 g/mol. The van der Waals surface area contributed by atoms with Gasteiger partial charge in [0.15, 0.2) is 0 Å². The predicted octanol–water partition coefficient (Wildman–Crippen LogP) is 3.20. The van der Waals surface area contributed by atoms with Gasteiger partial charge < -0.3 is 9.15 Å². The molecule has 0 saturated carbocycles. The molecule has 0 N–H and O–H groups in total. The summed E-state index contributed by atoms with van der Waals surface area (Å²) in [5.74, 6) is 0.567. The molecule has 12 heavy (non-hydrogen) atoms. The predicted molar refractivity (Wildman–Crippen MR) is 50.5 cm³/mol. The first-order chi connectivity index (χ1) is 5.81. The highest BCUT2D eigenvalue weighted by Gasteiger charge is 2.04. The summed E-state index contributed by atoms with van der Waals surface area (Å²) in [4.78, 5) is 0. The first-order valence-electron chi connectivity index (χ1n) is 3.52. The van der Waals surface area contributed by atoms with Crippen LogP contribution in [0, 0.1) is 0 Å². The lowest BCUT2D eigenvalue weighted by molar-refractivity contribution is 0.309. The van der Waals surface area contributed by atoms with Gasteiger partial charge in [0.1, 0.15) is 6.26 Å². The third-order valence-electron chi connectivity index (χ3n) is 1.71. The van der Waals surface area contributed by atoms with Crippen LogP contribution < -0.4 is 4.74 Å². The van der Waals surface area contributed by atoms with Gasteiger partial charge in [0.2, 0.25) is 0 Å². The lowest BCUT2D eigenvalue weighted by atomic mass is 10.2. The van der Waals surface area contributed by atoms with Crippen LogP contribution in [0.25, 0.3) is 10.8 Å². The van der Waals surface area contributed by atoms with Crippen LogP contribution in [0.2, 0.25) is 0 Å². The van der Waals surface area contributed by atoms with Crippen molar-refractivity contribution >= 4 is 26.7 Å². The largest absolute Gasteiger partial charge is 0.468 e. The van der Waals surface area contributed by atoms with E-state index in [1.807, 2.05) is 18.2 Å².